The second-order valence-electron chi connectivity index (χ2n) is 7.39. The second-order valence-corrected chi connectivity index (χ2v) is 7.39. The summed E-state index contributed by atoms with van der Waals surface area (Å²) in [5, 5.41) is 0. The number of hydrogen-bond donors (Lipinski definition) is 0. The Bertz CT molecular complexity index is 182. The molecule has 0 aliphatic heterocycles. The Labute approximate surface area is 96.6 Å². The van der Waals surface area contributed by atoms with Crippen molar-refractivity contribution in [3.63, 3.8) is 0 Å². The zero-order valence-electron chi connectivity index (χ0n) is 12.0. The maximum Gasteiger partial charge on any atom is 0.0657 e. The van der Waals surface area contributed by atoms with E-state index in [-0.39, 0.29) is 11.0 Å². The number of hydrogen-bond acceptors (Lipinski definition) is 1. The molecule has 0 aromatic heterocycles. The topological polar surface area (TPSA) is 9.23 Å². The van der Waals surface area contributed by atoms with Crippen LogP contribution in [-0.2, 0) is 4.74 Å². The molecule has 0 fully saturated rings. The molecule has 15 heavy (non-hydrogen) atoms. The molecule has 0 aliphatic carbocycles. The third-order valence-corrected chi connectivity index (χ3v) is 2.51. The van der Waals surface area contributed by atoms with Gasteiger partial charge in [0, 0.05) is 0 Å². The van der Waals surface area contributed by atoms with Gasteiger partial charge in [0.25, 0.3) is 0 Å². The summed E-state index contributed by atoms with van der Waals surface area (Å²) in [5.74, 6) is 0. The molecule has 1 nitrogen and oxygen atoms in total. The average Bonchev–Trinajstić information content (AvgIpc) is 1.97. The highest BCUT2D eigenvalue weighted by Gasteiger charge is 2.30. The first-order valence-electron chi connectivity index (χ1n) is 6.11. The van der Waals surface area contributed by atoms with Gasteiger partial charge in [-0.3, -0.25) is 0 Å². The zero-order valence-corrected chi connectivity index (χ0v) is 12.0. The minimum atomic E-state index is 0.0333. The van der Waals surface area contributed by atoms with E-state index in [1.54, 1.807) is 0 Å². The van der Waals surface area contributed by atoms with Gasteiger partial charge in [0.2, 0.25) is 0 Å². The van der Waals surface area contributed by atoms with Crippen molar-refractivity contribution >= 4 is 0 Å². The molecule has 0 spiro atoms. The van der Waals surface area contributed by atoms with E-state index in [1.807, 2.05) is 0 Å². The van der Waals surface area contributed by atoms with Crippen LogP contribution in [0.15, 0.2) is 0 Å². The number of rotatable bonds is 4. The van der Waals surface area contributed by atoms with Crippen molar-refractivity contribution < 1.29 is 4.74 Å². The Morgan fingerprint density at radius 2 is 1.27 bits per heavy atom. The predicted octanol–water partition coefficient (Wildman–Crippen LogP) is 4.65. The molecule has 0 rings (SSSR count). The Hall–Kier alpha value is -0.0400. The monoisotopic (exact) mass is 214 g/mol. The standard InChI is InChI=1S/C14H30O/c1-9-14(8,10-12(2,3)4)15-11-13(5,6)7/h9-11H2,1-8H3/t14-/m1/s1. The fourth-order valence-corrected chi connectivity index (χ4v) is 1.79. The van der Waals surface area contributed by atoms with Gasteiger partial charge in [-0.1, -0.05) is 48.5 Å². The summed E-state index contributed by atoms with van der Waals surface area (Å²) >= 11 is 0. The summed E-state index contributed by atoms with van der Waals surface area (Å²) in [4.78, 5) is 0. The largest absolute Gasteiger partial charge is 0.375 e. The Balaban J connectivity index is 4.32. The summed E-state index contributed by atoms with van der Waals surface area (Å²) in [6.45, 7) is 18.8. The van der Waals surface area contributed by atoms with E-state index in [2.05, 4.69) is 55.4 Å². The normalized spacial score (nSPS) is 17.6. The molecule has 0 N–H and O–H groups in total. The van der Waals surface area contributed by atoms with Gasteiger partial charge in [-0.2, -0.15) is 0 Å². The molecule has 0 aromatic rings. The van der Waals surface area contributed by atoms with Crippen LogP contribution >= 0.6 is 0 Å². The van der Waals surface area contributed by atoms with E-state index < -0.39 is 0 Å². The van der Waals surface area contributed by atoms with Crippen LogP contribution < -0.4 is 0 Å². The molecule has 0 saturated carbocycles. The lowest BCUT2D eigenvalue weighted by Gasteiger charge is -2.37. The molecule has 0 aliphatic rings. The van der Waals surface area contributed by atoms with Crippen molar-refractivity contribution in [2.24, 2.45) is 10.8 Å². The molecule has 1 heteroatoms. The van der Waals surface area contributed by atoms with Gasteiger partial charge in [-0.05, 0) is 30.6 Å². The van der Waals surface area contributed by atoms with Crippen LogP contribution in [0.25, 0.3) is 0 Å². The van der Waals surface area contributed by atoms with Crippen LogP contribution in [0, 0.1) is 10.8 Å². The predicted molar refractivity (Wildman–Crippen MR) is 68.2 cm³/mol. The van der Waals surface area contributed by atoms with E-state index in [0.717, 1.165) is 19.4 Å². The lowest BCUT2D eigenvalue weighted by Crippen LogP contribution is -2.35. The maximum atomic E-state index is 6.12. The van der Waals surface area contributed by atoms with E-state index in [4.69, 9.17) is 4.74 Å². The van der Waals surface area contributed by atoms with Crippen LogP contribution in [0.4, 0.5) is 0 Å². The summed E-state index contributed by atoms with van der Waals surface area (Å²) in [5.41, 5.74) is 0.627. The van der Waals surface area contributed by atoms with Crippen molar-refractivity contribution in [1.29, 1.82) is 0 Å². The first-order chi connectivity index (χ1) is 6.47. The maximum absolute atomic E-state index is 6.12. The van der Waals surface area contributed by atoms with Crippen LogP contribution in [0.5, 0.6) is 0 Å². The first-order valence-corrected chi connectivity index (χ1v) is 6.11. The highest BCUT2D eigenvalue weighted by molar-refractivity contribution is 4.81. The van der Waals surface area contributed by atoms with Crippen LogP contribution in [-0.4, -0.2) is 12.2 Å². The van der Waals surface area contributed by atoms with E-state index >= 15 is 0 Å². The van der Waals surface area contributed by atoms with Gasteiger partial charge in [-0.15, -0.1) is 0 Å². The third kappa shape index (κ3) is 7.84. The second kappa shape index (κ2) is 4.86. The minimum Gasteiger partial charge on any atom is -0.375 e. The van der Waals surface area contributed by atoms with E-state index in [1.165, 1.54) is 0 Å². The van der Waals surface area contributed by atoms with Gasteiger partial charge < -0.3 is 4.74 Å². The van der Waals surface area contributed by atoms with Gasteiger partial charge in [0.1, 0.15) is 0 Å². The Morgan fingerprint density at radius 1 is 0.800 bits per heavy atom. The molecule has 0 unspecified atom stereocenters. The van der Waals surface area contributed by atoms with E-state index in [0.29, 0.717) is 5.41 Å². The zero-order chi connectivity index (χ0) is 12.3. The van der Waals surface area contributed by atoms with Crippen molar-refractivity contribution in [3.8, 4) is 0 Å². The summed E-state index contributed by atoms with van der Waals surface area (Å²) in [6.07, 6.45) is 2.20. The summed E-state index contributed by atoms with van der Waals surface area (Å²) in [7, 11) is 0. The molecule has 0 saturated heterocycles. The molecule has 0 amide bonds. The number of ether oxygens (including phenoxy) is 1. The highest BCUT2D eigenvalue weighted by Crippen LogP contribution is 2.33. The van der Waals surface area contributed by atoms with Crippen LogP contribution in [0.1, 0.15) is 68.2 Å². The highest BCUT2D eigenvalue weighted by atomic mass is 16.5. The lowest BCUT2D eigenvalue weighted by atomic mass is 9.81. The van der Waals surface area contributed by atoms with Crippen molar-refractivity contribution in [3.05, 3.63) is 0 Å². The summed E-state index contributed by atoms with van der Waals surface area (Å²) < 4.78 is 6.12. The van der Waals surface area contributed by atoms with Crippen molar-refractivity contribution in [2.75, 3.05) is 6.61 Å². The molecule has 0 aromatic carbocycles. The van der Waals surface area contributed by atoms with Gasteiger partial charge in [0.15, 0.2) is 0 Å². The molecule has 0 radical (unpaired) electrons. The smallest absolute Gasteiger partial charge is 0.0657 e. The van der Waals surface area contributed by atoms with Crippen LogP contribution in [0.3, 0.4) is 0 Å². The Kier molecular flexibility index (Phi) is 4.85. The average molecular weight is 214 g/mol. The lowest BCUT2D eigenvalue weighted by molar-refractivity contribution is -0.0848. The minimum absolute atomic E-state index is 0.0333. The molecule has 0 heterocycles. The third-order valence-electron chi connectivity index (χ3n) is 2.51. The van der Waals surface area contributed by atoms with Gasteiger partial charge in [-0.25, -0.2) is 0 Å². The SMILES string of the molecule is CC[C@](C)(CC(C)(C)C)OCC(C)(C)C. The fourth-order valence-electron chi connectivity index (χ4n) is 1.79. The molecule has 1 atom stereocenters. The fraction of sp³-hybridized carbons (Fsp3) is 1.00. The van der Waals surface area contributed by atoms with Crippen molar-refractivity contribution in [1.82, 2.24) is 0 Å². The van der Waals surface area contributed by atoms with Crippen molar-refractivity contribution in [2.45, 2.75) is 73.8 Å². The molecule has 0 bridgehead atoms. The summed E-state index contributed by atoms with van der Waals surface area (Å²) in [6, 6.07) is 0. The van der Waals surface area contributed by atoms with E-state index in [9.17, 15) is 0 Å². The quantitative estimate of drug-likeness (QED) is 0.661. The molecular weight excluding hydrogens is 184 g/mol. The first kappa shape index (κ1) is 15.0. The Morgan fingerprint density at radius 3 is 1.53 bits per heavy atom. The molecule has 92 valence electrons. The van der Waals surface area contributed by atoms with Gasteiger partial charge in [0.05, 0.1) is 12.2 Å². The van der Waals surface area contributed by atoms with Gasteiger partial charge >= 0.3 is 0 Å². The van der Waals surface area contributed by atoms with Crippen LogP contribution in [0.2, 0.25) is 0 Å². The molecular formula is C14H30O.